The number of rotatable bonds is 4. The molecule has 4 N–H and O–H groups in total. The summed E-state index contributed by atoms with van der Waals surface area (Å²) in [5.41, 5.74) is 1.95. The summed E-state index contributed by atoms with van der Waals surface area (Å²) in [6.45, 7) is 9.69. The van der Waals surface area contributed by atoms with Crippen molar-refractivity contribution in [1.29, 1.82) is 10.8 Å². The molecular weight excluding hydrogens is 454 g/mol. The van der Waals surface area contributed by atoms with Gasteiger partial charge < -0.3 is 25.2 Å². The second-order valence-electron chi connectivity index (χ2n) is 10.8. The van der Waals surface area contributed by atoms with Gasteiger partial charge in [0.2, 0.25) is 5.95 Å². The lowest BCUT2D eigenvalue weighted by atomic mass is 9.67. The molecule has 2 saturated carbocycles. The normalized spacial score (nSPS) is 29.2. The number of nitrogens with zero attached hydrogens (tertiary/aromatic N) is 4. The number of anilines is 3. The van der Waals surface area contributed by atoms with Gasteiger partial charge in [0.25, 0.3) is 11.9 Å². The Labute approximate surface area is 204 Å². The summed E-state index contributed by atoms with van der Waals surface area (Å²) in [5, 5.41) is 22.4. The lowest BCUT2D eigenvalue weighted by Gasteiger charge is -2.43. The molecule has 11 heteroatoms. The molecule has 4 aliphatic rings. The summed E-state index contributed by atoms with van der Waals surface area (Å²) in [6.07, 6.45) is 1.82. The van der Waals surface area contributed by atoms with Crippen molar-refractivity contribution >= 4 is 29.5 Å². The van der Waals surface area contributed by atoms with Gasteiger partial charge in [-0.25, -0.2) is 8.78 Å². The maximum Gasteiger partial charge on any atom is 0.291 e. The first-order chi connectivity index (χ1) is 16.4. The number of halogens is 2. The van der Waals surface area contributed by atoms with Crippen LogP contribution < -0.4 is 15.5 Å². The van der Waals surface area contributed by atoms with Crippen molar-refractivity contribution in [3.8, 4) is 0 Å². The van der Waals surface area contributed by atoms with E-state index < -0.39 is 5.92 Å². The number of amidine groups is 1. The number of ether oxygens (including phenoxy) is 1. The molecule has 35 heavy (non-hydrogen) atoms. The van der Waals surface area contributed by atoms with Crippen LogP contribution in [0.4, 0.5) is 26.4 Å². The van der Waals surface area contributed by atoms with Crippen molar-refractivity contribution in [3.63, 3.8) is 0 Å². The molecule has 5 rings (SSSR count). The van der Waals surface area contributed by atoms with E-state index in [1.165, 1.54) is 12.5 Å². The fourth-order valence-electron chi connectivity index (χ4n) is 6.23. The van der Waals surface area contributed by atoms with E-state index >= 15 is 0 Å². The minimum Gasteiger partial charge on any atom is -0.412 e. The Kier molecular flexibility index (Phi) is 5.45. The first-order valence-electron chi connectivity index (χ1n) is 12.2. The van der Waals surface area contributed by atoms with Crippen molar-refractivity contribution < 1.29 is 13.5 Å². The number of aromatic nitrogens is 2. The molecule has 0 spiro atoms. The molecule has 1 aromatic heterocycles. The van der Waals surface area contributed by atoms with Crippen LogP contribution in [0.25, 0.3) is 0 Å². The molecule has 9 nitrogen and oxygen atoms in total. The van der Waals surface area contributed by atoms with Gasteiger partial charge >= 0.3 is 0 Å². The van der Waals surface area contributed by atoms with Crippen LogP contribution in [0.3, 0.4) is 0 Å². The van der Waals surface area contributed by atoms with Crippen LogP contribution in [0.5, 0.6) is 0 Å². The lowest BCUT2D eigenvalue weighted by molar-refractivity contribution is -0.0859. The second kappa shape index (κ2) is 8.03. The summed E-state index contributed by atoms with van der Waals surface area (Å²) in [6, 6.07) is -0.200. The quantitative estimate of drug-likeness (QED) is 0.291. The first-order valence-corrected chi connectivity index (χ1v) is 12.2. The Hall–Kier alpha value is -2.98. The molecule has 3 heterocycles. The van der Waals surface area contributed by atoms with Crippen molar-refractivity contribution in [3.05, 3.63) is 17.2 Å². The number of hydrogen-bond acceptors (Lipinski definition) is 8. The summed E-state index contributed by atoms with van der Waals surface area (Å²) in [5.74, 6) is -0.106. The van der Waals surface area contributed by atoms with Gasteiger partial charge in [-0.2, -0.15) is 9.97 Å². The van der Waals surface area contributed by atoms with Crippen LogP contribution in [0.2, 0.25) is 0 Å². The molecule has 1 saturated heterocycles. The maximum absolute atomic E-state index is 13.7. The van der Waals surface area contributed by atoms with Crippen molar-refractivity contribution in [1.82, 2.24) is 14.9 Å². The minimum atomic E-state index is -2.60. The molecule has 3 atom stereocenters. The van der Waals surface area contributed by atoms with Crippen LogP contribution in [0.15, 0.2) is 11.6 Å². The van der Waals surface area contributed by atoms with E-state index in [1.807, 2.05) is 23.8 Å². The Morgan fingerprint density at radius 3 is 2.51 bits per heavy atom. The fourth-order valence-corrected chi connectivity index (χ4v) is 6.23. The van der Waals surface area contributed by atoms with E-state index in [-0.39, 0.29) is 48.2 Å². The zero-order chi connectivity index (χ0) is 25.3. The van der Waals surface area contributed by atoms with Crippen molar-refractivity contribution in [2.24, 2.45) is 11.8 Å². The van der Waals surface area contributed by atoms with E-state index in [2.05, 4.69) is 30.6 Å². The van der Waals surface area contributed by atoms with Crippen LogP contribution in [0, 0.1) is 22.7 Å². The number of fused-ring (bicyclic) bond motifs is 2. The van der Waals surface area contributed by atoms with Crippen LogP contribution in [-0.4, -0.2) is 71.5 Å². The summed E-state index contributed by atoms with van der Waals surface area (Å²) in [4.78, 5) is 13.6. The molecule has 2 aliphatic carbocycles. The third-order valence-corrected chi connectivity index (χ3v) is 7.89. The lowest BCUT2D eigenvalue weighted by Crippen LogP contribution is -2.51. The highest BCUT2D eigenvalue weighted by atomic mass is 19.3. The predicted octanol–water partition coefficient (Wildman–Crippen LogP) is 3.65. The monoisotopic (exact) mass is 488 g/mol. The summed E-state index contributed by atoms with van der Waals surface area (Å²) < 4.78 is 32.6. The molecular formula is C24H34F2N8O. The highest BCUT2D eigenvalue weighted by molar-refractivity contribution is 5.86. The van der Waals surface area contributed by atoms with Gasteiger partial charge in [0.15, 0.2) is 5.90 Å². The van der Waals surface area contributed by atoms with Crippen molar-refractivity contribution in [2.45, 2.75) is 64.0 Å². The summed E-state index contributed by atoms with van der Waals surface area (Å²) in [7, 11) is 1.82. The second-order valence-corrected chi connectivity index (χ2v) is 10.8. The molecule has 3 unspecified atom stereocenters. The smallest absolute Gasteiger partial charge is 0.291 e. The standard InChI is InChI=1S/C24H34F2N8O/c1-6-14-15-9-33(21(28)35-12(2)27)10-16(15)18(14)30-22-31-19(29-5)17-20(32-22)34(11-23(17,3)4)13-7-24(25,26)8-13/h6,13,15-16,18,27-28H,7-11H2,1-5H3,(H2,29,30,31,32)/b14-6+,27-12?,28-21?. The van der Waals surface area contributed by atoms with E-state index in [4.69, 9.17) is 25.5 Å². The van der Waals surface area contributed by atoms with Crippen LogP contribution in [-0.2, 0) is 10.2 Å². The number of alkyl halides is 2. The molecule has 0 bridgehead atoms. The van der Waals surface area contributed by atoms with Gasteiger partial charge in [-0.3, -0.25) is 10.8 Å². The number of likely N-dealkylation sites (tertiary alicyclic amines) is 1. The topological polar surface area (TPSA) is 113 Å². The Morgan fingerprint density at radius 1 is 1.20 bits per heavy atom. The number of hydrogen-bond donors (Lipinski definition) is 4. The molecule has 3 fully saturated rings. The van der Waals surface area contributed by atoms with E-state index in [1.54, 1.807) is 0 Å². The van der Waals surface area contributed by atoms with E-state index in [9.17, 15) is 8.78 Å². The predicted molar refractivity (Wildman–Crippen MR) is 132 cm³/mol. The van der Waals surface area contributed by atoms with Gasteiger partial charge in [-0.1, -0.05) is 19.9 Å². The largest absolute Gasteiger partial charge is 0.412 e. The zero-order valence-corrected chi connectivity index (χ0v) is 20.9. The third kappa shape index (κ3) is 3.88. The number of allylic oxidation sites excluding steroid dienone is 1. The maximum atomic E-state index is 13.7. The zero-order valence-electron chi connectivity index (χ0n) is 20.9. The molecule has 0 radical (unpaired) electrons. The van der Waals surface area contributed by atoms with Gasteiger partial charge in [0.05, 0.1) is 6.04 Å². The molecule has 1 aromatic rings. The molecule has 0 amide bonds. The van der Waals surface area contributed by atoms with Gasteiger partial charge in [-0.15, -0.1) is 0 Å². The fraction of sp³-hybridized carbons (Fsp3) is 0.667. The van der Waals surface area contributed by atoms with Gasteiger partial charge in [0, 0.05) is 75.3 Å². The van der Waals surface area contributed by atoms with Crippen LogP contribution in [0.1, 0.15) is 46.1 Å². The Balaban J connectivity index is 1.40. The van der Waals surface area contributed by atoms with E-state index in [0.29, 0.717) is 31.5 Å². The minimum absolute atomic E-state index is 0.00183. The van der Waals surface area contributed by atoms with Gasteiger partial charge in [-0.05, 0) is 12.5 Å². The average molecular weight is 489 g/mol. The molecule has 190 valence electrons. The van der Waals surface area contributed by atoms with Crippen molar-refractivity contribution in [2.75, 3.05) is 42.2 Å². The molecule has 2 aliphatic heterocycles. The number of nitrogens with one attached hydrogen (secondary N) is 4. The highest BCUT2D eigenvalue weighted by Crippen LogP contribution is 2.51. The van der Waals surface area contributed by atoms with E-state index in [0.717, 1.165) is 17.2 Å². The van der Waals surface area contributed by atoms with Crippen LogP contribution >= 0.6 is 0 Å². The Bertz CT molecular complexity index is 1100. The first kappa shape index (κ1) is 23.7. The third-order valence-electron chi connectivity index (χ3n) is 7.89. The molecule has 0 aromatic carbocycles. The highest BCUT2D eigenvalue weighted by Gasteiger charge is 2.54. The SMILES string of the molecule is C/C=C1\C2CN(C(=N)OC(C)=N)CC2C1Nc1nc(NC)c2c(n1)N(C1CC(F)(F)C1)CC2(C)C. The average Bonchev–Trinajstić information content (AvgIpc) is 3.25. The Morgan fingerprint density at radius 2 is 1.91 bits per heavy atom. The summed E-state index contributed by atoms with van der Waals surface area (Å²) >= 11 is 0. The van der Waals surface area contributed by atoms with Gasteiger partial charge in [0.1, 0.15) is 11.6 Å².